The normalized spacial score (nSPS) is 13.2. The first kappa shape index (κ1) is 16.0. The predicted molar refractivity (Wildman–Crippen MR) is 92.2 cm³/mol. The Morgan fingerprint density at radius 3 is 2.67 bits per heavy atom. The molecule has 0 amide bonds. The highest BCUT2D eigenvalue weighted by atomic mass is 79.9. The molecular weight excluding hydrogens is 352 g/mol. The van der Waals surface area contributed by atoms with Crippen molar-refractivity contribution in [2.45, 2.75) is 13.0 Å². The van der Waals surface area contributed by atoms with Crippen molar-refractivity contribution in [1.29, 1.82) is 0 Å². The Morgan fingerprint density at radius 2 is 2.00 bits per heavy atom. The van der Waals surface area contributed by atoms with Crippen LogP contribution in [0.5, 0.6) is 0 Å². The molecule has 0 fully saturated rings. The summed E-state index contributed by atoms with van der Waals surface area (Å²) in [5, 5.41) is 10.1. The van der Waals surface area contributed by atoms with Crippen LogP contribution in [0.2, 0.25) is 5.02 Å². The Hall–Kier alpha value is -1.36. The molecule has 2 rings (SSSR count). The number of aliphatic hydroxyl groups excluding tert-OH is 1. The molecule has 0 bridgehead atoms. The number of nitrogens with zero attached hydrogens (tertiary/aromatic N) is 1. The van der Waals surface area contributed by atoms with E-state index < -0.39 is 6.10 Å². The van der Waals surface area contributed by atoms with E-state index in [1.54, 1.807) is 6.92 Å². The lowest BCUT2D eigenvalue weighted by Crippen LogP contribution is -2.12. The highest BCUT2D eigenvalue weighted by Crippen LogP contribution is 2.25. The molecule has 0 heterocycles. The third-order valence-electron chi connectivity index (χ3n) is 2.91. The van der Waals surface area contributed by atoms with Crippen LogP contribution in [-0.2, 0) is 0 Å². The van der Waals surface area contributed by atoms with Gasteiger partial charge in [-0.05, 0) is 31.2 Å². The van der Waals surface area contributed by atoms with Crippen molar-refractivity contribution < 1.29 is 5.11 Å². The Labute approximate surface area is 137 Å². The number of hydrogen-bond acceptors (Lipinski definition) is 3. The Morgan fingerprint density at radius 1 is 1.29 bits per heavy atom. The van der Waals surface area contributed by atoms with Crippen LogP contribution >= 0.6 is 27.5 Å². The van der Waals surface area contributed by atoms with Gasteiger partial charge in [-0.15, -0.1) is 0 Å². The van der Waals surface area contributed by atoms with Gasteiger partial charge in [-0.2, -0.15) is 0 Å². The monoisotopic (exact) mass is 366 g/mol. The fraction of sp³-hybridized carbons (Fsp3) is 0.188. The summed E-state index contributed by atoms with van der Waals surface area (Å²) in [5.74, 6) is 0. The minimum atomic E-state index is -0.532. The predicted octanol–water partition coefficient (Wildman–Crippen LogP) is 3.90. The van der Waals surface area contributed by atoms with Crippen LogP contribution in [-0.4, -0.2) is 23.5 Å². The van der Waals surface area contributed by atoms with Gasteiger partial charge < -0.3 is 10.8 Å². The first-order valence-electron chi connectivity index (χ1n) is 6.52. The SMILES string of the molecule is CC(O)CN=C(c1cc(Br)ccc1N)c1ccccc1Cl. The van der Waals surface area contributed by atoms with E-state index in [4.69, 9.17) is 17.3 Å². The van der Waals surface area contributed by atoms with Crippen molar-refractivity contribution >= 4 is 38.9 Å². The maximum absolute atomic E-state index is 9.51. The first-order chi connectivity index (χ1) is 9.99. The second-order valence-corrected chi connectivity index (χ2v) is 6.07. The van der Waals surface area contributed by atoms with Crippen LogP contribution in [0.3, 0.4) is 0 Å². The number of anilines is 1. The molecular formula is C16H16BrClN2O. The molecule has 1 unspecified atom stereocenters. The van der Waals surface area contributed by atoms with Crippen LogP contribution in [0.25, 0.3) is 0 Å². The minimum absolute atomic E-state index is 0.284. The molecule has 2 aromatic carbocycles. The average molecular weight is 368 g/mol. The van der Waals surface area contributed by atoms with Crippen molar-refractivity contribution in [2.24, 2.45) is 4.99 Å². The van der Waals surface area contributed by atoms with Gasteiger partial charge in [0.1, 0.15) is 0 Å². The van der Waals surface area contributed by atoms with Gasteiger partial charge in [-0.25, -0.2) is 0 Å². The van der Waals surface area contributed by atoms with Crippen LogP contribution < -0.4 is 5.73 Å². The topological polar surface area (TPSA) is 58.6 Å². The first-order valence-corrected chi connectivity index (χ1v) is 7.69. The lowest BCUT2D eigenvalue weighted by molar-refractivity contribution is 0.204. The summed E-state index contributed by atoms with van der Waals surface area (Å²) in [6.07, 6.45) is -0.532. The maximum atomic E-state index is 9.51. The van der Waals surface area contributed by atoms with Crippen molar-refractivity contribution in [3.05, 3.63) is 63.1 Å². The zero-order valence-electron chi connectivity index (χ0n) is 11.6. The molecule has 0 saturated heterocycles. The van der Waals surface area contributed by atoms with Gasteiger partial charge in [0.05, 0.1) is 18.4 Å². The highest BCUT2D eigenvalue weighted by molar-refractivity contribution is 9.10. The zero-order valence-corrected chi connectivity index (χ0v) is 13.9. The number of aliphatic imine (C=N–C) groups is 1. The van der Waals surface area contributed by atoms with E-state index in [-0.39, 0.29) is 6.54 Å². The molecule has 3 nitrogen and oxygen atoms in total. The van der Waals surface area contributed by atoms with Crippen LogP contribution in [0, 0.1) is 0 Å². The zero-order chi connectivity index (χ0) is 15.4. The number of nitrogens with two attached hydrogens (primary N) is 1. The van der Waals surface area contributed by atoms with E-state index >= 15 is 0 Å². The van der Waals surface area contributed by atoms with Gasteiger partial charge >= 0.3 is 0 Å². The standard InChI is InChI=1S/C16H16BrClN2O/c1-10(21)9-20-16(12-4-2-3-5-14(12)18)13-8-11(17)6-7-15(13)19/h2-8,10,21H,9,19H2,1H3. The van der Waals surface area contributed by atoms with Crippen molar-refractivity contribution in [3.8, 4) is 0 Å². The lowest BCUT2D eigenvalue weighted by Gasteiger charge is -2.13. The van der Waals surface area contributed by atoms with Crippen LogP contribution in [0.4, 0.5) is 5.69 Å². The van der Waals surface area contributed by atoms with Crippen molar-refractivity contribution in [3.63, 3.8) is 0 Å². The molecule has 0 radical (unpaired) electrons. The smallest absolute Gasteiger partial charge is 0.0756 e. The van der Waals surface area contributed by atoms with E-state index in [0.29, 0.717) is 16.4 Å². The van der Waals surface area contributed by atoms with Crippen molar-refractivity contribution in [1.82, 2.24) is 0 Å². The summed E-state index contributed by atoms with van der Waals surface area (Å²) in [4.78, 5) is 4.51. The summed E-state index contributed by atoms with van der Waals surface area (Å²) < 4.78 is 0.906. The molecule has 0 aliphatic carbocycles. The van der Waals surface area contributed by atoms with Gasteiger partial charge in [-0.1, -0.05) is 45.7 Å². The average Bonchev–Trinajstić information content (AvgIpc) is 2.44. The van der Waals surface area contributed by atoms with E-state index in [1.165, 1.54) is 0 Å². The lowest BCUT2D eigenvalue weighted by atomic mass is 10.0. The molecule has 0 aromatic heterocycles. The molecule has 0 aliphatic rings. The summed E-state index contributed by atoms with van der Waals surface area (Å²) in [5.41, 5.74) is 8.96. The van der Waals surface area contributed by atoms with E-state index in [1.807, 2.05) is 42.5 Å². The van der Waals surface area contributed by atoms with Crippen LogP contribution in [0.15, 0.2) is 51.9 Å². The Kier molecular flexibility index (Phi) is 5.39. The molecule has 110 valence electrons. The molecule has 0 spiro atoms. The Bertz CT molecular complexity index is 671. The van der Waals surface area contributed by atoms with Gasteiger partial charge in [0.15, 0.2) is 0 Å². The molecule has 5 heteroatoms. The molecule has 21 heavy (non-hydrogen) atoms. The number of benzene rings is 2. The molecule has 0 saturated carbocycles. The van der Waals surface area contributed by atoms with E-state index in [0.717, 1.165) is 15.6 Å². The van der Waals surface area contributed by atoms with Gasteiger partial charge in [0.25, 0.3) is 0 Å². The van der Waals surface area contributed by atoms with Gasteiger partial charge in [-0.3, -0.25) is 4.99 Å². The minimum Gasteiger partial charge on any atom is -0.398 e. The summed E-state index contributed by atoms with van der Waals surface area (Å²) in [7, 11) is 0. The number of nitrogen functional groups attached to an aromatic ring is 1. The molecule has 3 N–H and O–H groups in total. The number of hydrogen-bond donors (Lipinski definition) is 2. The quantitative estimate of drug-likeness (QED) is 0.636. The fourth-order valence-electron chi connectivity index (χ4n) is 1.93. The summed E-state index contributed by atoms with van der Waals surface area (Å²) >= 11 is 9.72. The molecule has 1 atom stereocenters. The largest absolute Gasteiger partial charge is 0.398 e. The van der Waals surface area contributed by atoms with Gasteiger partial charge in [0, 0.05) is 26.3 Å². The van der Waals surface area contributed by atoms with Crippen molar-refractivity contribution in [2.75, 3.05) is 12.3 Å². The van der Waals surface area contributed by atoms with Crippen LogP contribution in [0.1, 0.15) is 18.1 Å². The Balaban J connectivity index is 2.59. The number of halogens is 2. The highest BCUT2D eigenvalue weighted by Gasteiger charge is 2.14. The summed E-state index contributed by atoms with van der Waals surface area (Å²) in [6.45, 7) is 1.98. The number of aliphatic hydroxyl groups is 1. The number of rotatable bonds is 4. The third kappa shape index (κ3) is 4.06. The summed E-state index contributed by atoms with van der Waals surface area (Å²) in [6, 6.07) is 13.0. The second kappa shape index (κ2) is 7.07. The second-order valence-electron chi connectivity index (χ2n) is 4.75. The fourth-order valence-corrected chi connectivity index (χ4v) is 2.51. The molecule has 2 aromatic rings. The molecule has 0 aliphatic heterocycles. The maximum Gasteiger partial charge on any atom is 0.0756 e. The van der Waals surface area contributed by atoms with E-state index in [2.05, 4.69) is 20.9 Å². The van der Waals surface area contributed by atoms with E-state index in [9.17, 15) is 5.11 Å². The van der Waals surface area contributed by atoms with Gasteiger partial charge in [0.2, 0.25) is 0 Å². The third-order valence-corrected chi connectivity index (χ3v) is 3.74.